The first-order valence-corrected chi connectivity index (χ1v) is 3.99. The molecule has 1 rings (SSSR count). The summed E-state index contributed by atoms with van der Waals surface area (Å²) < 4.78 is 5.01. The van der Waals surface area contributed by atoms with Crippen LogP contribution in [0, 0.1) is 0 Å². The average Bonchev–Trinajstić information content (AvgIpc) is 2.14. The Morgan fingerprint density at radius 1 is 1.50 bits per heavy atom. The maximum absolute atomic E-state index is 5.89. The van der Waals surface area contributed by atoms with E-state index < -0.39 is 0 Å². The van der Waals surface area contributed by atoms with Gasteiger partial charge in [0, 0.05) is 7.11 Å². The zero-order valence-corrected chi connectivity index (χ0v) is 7.58. The lowest BCUT2D eigenvalue weighted by Crippen LogP contribution is -2.30. The number of hydrogen-bond donors (Lipinski definition) is 1. The Balaban J connectivity index is 2.72. The summed E-state index contributed by atoms with van der Waals surface area (Å²) in [5, 5.41) is 0. The van der Waals surface area contributed by atoms with Crippen LogP contribution < -0.4 is 5.73 Å². The monoisotopic (exact) mass is 165 g/mol. The Morgan fingerprint density at radius 3 is 2.92 bits per heavy atom. The molecule has 0 aromatic rings. The van der Waals surface area contributed by atoms with Gasteiger partial charge in [-0.25, -0.2) is 0 Å². The fraction of sp³-hybridized carbons (Fsp3) is 0.400. The van der Waals surface area contributed by atoms with E-state index >= 15 is 0 Å². The molecule has 1 unspecified atom stereocenters. The van der Waals surface area contributed by atoms with Gasteiger partial charge < -0.3 is 10.5 Å². The highest BCUT2D eigenvalue weighted by Gasteiger charge is 2.10. The summed E-state index contributed by atoms with van der Waals surface area (Å²) in [6, 6.07) is 0. The Morgan fingerprint density at radius 2 is 2.25 bits per heavy atom. The van der Waals surface area contributed by atoms with Crippen molar-refractivity contribution in [3.05, 3.63) is 36.0 Å². The van der Waals surface area contributed by atoms with Gasteiger partial charge in [-0.1, -0.05) is 30.4 Å². The third-order valence-corrected chi connectivity index (χ3v) is 1.73. The van der Waals surface area contributed by atoms with Crippen molar-refractivity contribution in [1.29, 1.82) is 0 Å². The van der Waals surface area contributed by atoms with Crippen LogP contribution in [-0.2, 0) is 4.74 Å². The summed E-state index contributed by atoms with van der Waals surface area (Å²) in [4.78, 5) is 0. The lowest BCUT2D eigenvalue weighted by molar-refractivity contribution is 0.228. The van der Waals surface area contributed by atoms with Gasteiger partial charge in [0.15, 0.2) is 0 Å². The van der Waals surface area contributed by atoms with Crippen LogP contribution in [0.3, 0.4) is 0 Å². The Labute approximate surface area is 73.4 Å². The molecular formula is C10H15NO. The minimum Gasteiger partial charge on any atom is -0.380 e. The number of ether oxygens (including phenoxy) is 1. The van der Waals surface area contributed by atoms with Crippen molar-refractivity contribution in [3.8, 4) is 0 Å². The third kappa shape index (κ3) is 2.64. The summed E-state index contributed by atoms with van der Waals surface area (Å²) in [6.07, 6.45) is 9.92. The molecule has 66 valence electrons. The SMILES string of the molecule is COCC1=CC=CC(C)(N)C=C1. The van der Waals surface area contributed by atoms with Gasteiger partial charge in [-0.3, -0.25) is 0 Å². The number of nitrogens with two attached hydrogens (primary N) is 1. The van der Waals surface area contributed by atoms with Gasteiger partial charge in [-0.05, 0) is 12.5 Å². The predicted molar refractivity (Wildman–Crippen MR) is 50.8 cm³/mol. The fourth-order valence-electron chi connectivity index (χ4n) is 1.04. The molecule has 0 aliphatic heterocycles. The average molecular weight is 165 g/mol. The van der Waals surface area contributed by atoms with E-state index in [1.165, 1.54) is 0 Å². The molecule has 0 bridgehead atoms. The molecular weight excluding hydrogens is 150 g/mol. The van der Waals surface area contributed by atoms with Crippen LogP contribution in [0.5, 0.6) is 0 Å². The molecule has 0 amide bonds. The third-order valence-electron chi connectivity index (χ3n) is 1.73. The highest BCUT2D eigenvalue weighted by Crippen LogP contribution is 2.11. The van der Waals surface area contributed by atoms with Crippen molar-refractivity contribution >= 4 is 0 Å². The van der Waals surface area contributed by atoms with Crippen LogP contribution in [0.4, 0.5) is 0 Å². The molecule has 12 heavy (non-hydrogen) atoms. The van der Waals surface area contributed by atoms with Crippen LogP contribution in [0.1, 0.15) is 6.92 Å². The molecule has 0 aromatic carbocycles. The summed E-state index contributed by atoms with van der Waals surface area (Å²) in [7, 11) is 1.69. The molecule has 0 aromatic heterocycles. The lowest BCUT2D eigenvalue weighted by atomic mass is 10.0. The first-order valence-electron chi connectivity index (χ1n) is 3.99. The van der Waals surface area contributed by atoms with E-state index in [9.17, 15) is 0 Å². The first kappa shape index (κ1) is 9.23. The molecule has 1 aliphatic rings. The van der Waals surface area contributed by atoms with Crippen LogP contribution >= 0.6 is 0 Å². The van der Waals surface area contributed by atoms with E-state index in [0.29, 0.717) is 6.61 Å². The Bertz CT molecular complexity index is 236. The quantitative estimate of drug-likeness (QED) is 0.671. The Kier molecular flexibility index (Phi) is 2.84. The van der Waals surface area contributed by atoms with E-state index in [1.54, 1.807) is 7.11 Å². The second-order valence-electron chi connectivity index (χ2n) is 3.23. The van der Waals surface area contributed by atoms with E-state index in [2.05, 4.69) is 0 Å². The van der Waals surface area contributed by atoms with Crippen molar-refractivity contribution in [2.24, 2.45) is 5.73 Å². The van der Waals surface area contributed by atoms with Crippen LogP contribution in [0.2, 0.25) is 0 Å². The number of allylic oxidation sites excluding steroid dienone is 2. The van der Waals surface area contributed by atoms with Gasteiger partial charge in [-0.2, -0.15) is 0 Å². The van der Waals surface area contributed by atoms with Crippen LogP contribution in [0.25, 0.3) is 0 Å². The molecule has 0 saturated heterocycles. The number of methoxy groups -OCH3 is 1. The van der Waals surface area contributed by atoms with Crippen LogP contribution in [-0.4, -0.2) is 19.3 Å². The fourth-order valence-corrected chi connectivity index (χ4v) is 1.04. The second-order valence-corrected chi connectivity index (χ2v) is 3.23. The lowest BCUT2D eigenvalue weighted by Gasteiger charge is -2.12. The number of rotatable bonds is 2. The van der Waals surface area contributed by atoms with E-state index in [0.717, 1.165) is 5.57 Å². The second kappa shape index (κ2) is 3.70. The molecule has 2 nitrogen and oxygen atoms in total. The van der Waals surface area contributed by atoms with E-state index in [1.807, 2.05) is 37.3 Å². The molecule has 2 N–H and O–H groups in total. The van der Waals surface area contributed by atoms with E-state index in [-0.39, 0.29) is 5.54 Å². The number of hydrogen-bond acceptors (Lipinski definition) is 2. The Hall–Kier alpha value is -0.860. The molecule has 2 heteroatoms. The topological polar surface area (TPSA) is 35.2 Å². The van der Waals surface area contributed by atoms with Crippen molar-refractivity contribution in [2.75, 3.05) is 13.7 Å². The zero-order valence-electron chi connectivity index (χ0n) is 7.58. The predicted octanol–water partition coefficient (Wildman–Crippen LogP) is 1.40. The minimum absolute atomic E-state index is 0.327. The van der Waals surface area contributed by atoms with Gasteiger partial charge in [0.05, 0.1) is 12.1 Å². The summed E-state index contributed by atoms with van der Waals surface area (Å²) in [5.41, 5.74) is 6.70. The first-order chi connectivity index (χ1) is 5.64. The largest absolute Gasteiger partial charge is 0.380 e. The van der Waals surface area contributed by atoms with Crippen molar-refractivity contribution in [2.45, 2.75) is 12.5 Å². The highest BCUT2D eigenvalue weighted by atomic mass is 16.5. The summed E-state index contributed by atoms with van der Waals surface area (Å²) in [6.45, 7) is 2.60. The van der Waals surface area contributed by atoms with Crippen molar-refractivity contribution in [1.82, 2.24) is 0 Å². The van der Waals surface area contributed by atoms with Crippen molar-refractivity contribution in [3.63, 3.8) is 0 Å². The molecule has 1 atom stereocenters. The van der Waals surface area contributed by atoms with Crippen molar-refractivity contribution < 1.29 is 4.74 Å². The summed E-state index contributed by atoms with van der Waals surface area (Å²) in [5.74, 6) is 0. The zero-order chi connectivity index (χ0) is 9.03. The normalized spacial score (nSPS) is 28.4. The molecule has 0 heterocycles. The molecule has 1 aliphatic carbocycles. The van der Waals surface area contributed by atoms with E-state index in [4.69, 9.17) is 10.5 Å². The minimum atomic E-state index is -0.327. The standard InChI is InChI=1S/C10H15NO/c1-10(11)6-3-4-9(5-7-10)8-12-2/h3-7H,8,11H2,1-2H3. The molecule has 0 fully saturated rings. The molecule has 0 saturated carbocycles. The summed E-state index contributed by atoms with van der Waals surface area (Å²) >= 11 is 0. The molecule has 0 spiro atoms. The van der Waals surface area contributed by atoms with Gasteiger partial charge in [0.1, 0.15) is 0 Å². The highest BCUT2D eigenvalue weighted by molar-refractivity contribution is 5.33. The maximum atomic E-state index is 5.89. The van der Waals surface area contributed by atoms with Gasteiger partial charge in [0.25, 0.3) is 0 Å². The molecule has 0 radical (unpaired) electrons. The van der Waals surface area contributed by atoms with Gasteiger partial charge in [-0.15, -0.1) is 0 Å². The maximum Gasteiger partial charge on any atom is 0.0712 e. The van der Waals surface area contributed by atoms with Gasteiger partial charge in [0.2, 0.25) is 0 Å². The van der Waals surface area contributed by atoms with Gasteiger partial charge >= 0.3 is 0 Å². The smallest absolute Gasteiger partial charge is 0.0712 e. The van der Waals surface area contributed by atoms with Crippen LogP contribution in [0.15, 0.2) is 36.0 Å².